The van der Waals surface area contributed by atoms with Gasteiger partial charge in [-0.05, 0) is 73.4 Å². The number of hydrogen-bond donors (Lipinski definition) is 0. The Morgan fingerprint density at radius 1 is 0.963 bits per heavy atom. The van der Waals surface area contributed by atoms with E-state index in [4.69, 9.17) is 36.8 Å². The van der Waals surface area contributed by atoms with Gasteiger partial charge in [0.25, 0.3) is 0 Å². The third-order valence-corrected chi connectivity index (χ3v) is 5.86. The number of ether oxygens (including phenoxy) is 1. The van der Waals surface area contributed by atoms with Gasteiger partial charge in [-0.2, -0.15) is 9.97 Å². The summed E-state index contributed by atoms with van der Waals surface area (Å²) < 4.78 is 18.6. The average molecular weight is 510 g/mol. The lowest BCUT2D eigenvalue weighted by atomic mass is 10.3. The zero-order chi connectivity index (χ0) is 20.4. The van der Waals surface area contributed by atoms with Gasteiger partial charge >= 0.3 is 6.01 Å². The highest BCUT2D eigenvalue weighted by Gasteiger charge is 2.25. The predicted octanol–water partition coefficient (Wildman–Crippen LogP) is 6.55. The molecule has 0 aliphatic heterocycles. The molecule has 0 N–H and O–H groups in total. The first-order valence-corrected chi connectivity index (χ1v) is 16.7. The van der Waals surface area contributed by atoms with Crippen molar-refractivity contribution in [3.63, 3.8) is 0 Å². The van der Waals surface area contributed by atoms with Crippen molar-refractivity contribution in [2.45, 2.75) is 45.9 Å². The number of benzene rings is 1. The zero-order valence-electron chi connectivity index (χ0n) is 16.2. The van der Waals surface area contributed by atoms with Crippen molar-refractivity contribution in [2.75, 3.05) is 0 Å². The Bertz CT molecular complexity index is 827. The van der Waals surface area contributed by atoms with Crippen LogP contribution in [0.3, 0.4) is 0 Å². The minimum absolute atomic E-state index is 0.175. The summed E-state index contributed by atoms with van der Waals surface area (Å²) in [4.78, 5) is 8.96. The van der Waals surface area contributed by atoms with Crippen molar-refractivity contribution in [3.8, 4) is 17.6 Å². The van der Waals surface area contributed by atoms with Gasteiger partial charge < -0.3 is 13.6 Å². The number of nitrogens with zero attached hydrogens (tertiary/aromatic N) is 2. The molecule has 1 heterocycles. The quantitative estimate of drug-likeness (QED) is 0.396. The Balaban J connectivity index is 2.34. The number of aromatic nitrogens is 2. The molecule has 5 nitrogen and oxygen atoms in total. The van der Waals surface area contributed by atoms with Crippen LogP contribution in [0.15, 0.2) is 22.7 Å². The molecule has 1 aromatic heterocycles. The summed E-state index contributed by atoms with van der Waals surface area (Å²) in [6.07, 6.45) is 0. The molecule has 0 unspecified atom stereocenters. The van der Waals surface area contributed by atoms with Crippen molar-refractivity contribution in [2.24, 2.45) is 0 Å². The van der Waals surface area contributed by atoms with Crippen LogP contribution in [0.1, 0.15) is 5.69 Å². The molecule has 0 saturated heterocycles. The summed E-state index contributed by atoms with van der Waals surface area (Å²) >= 11 is 15.7. The van der Waals surface area contributed by atoms with E-state index in [2.05, 4.69) is 65.2 Å². The zero-order valence-corrected chi connectivity index (χ0v) is 21.3. The Morgan fingerprint density at radius 2 is 1.59 bits per heavy atom. The Labute approximate surface area is 180 Å². The van der Waals surface area contributed by atoms with Gasteiger partial charge in [0, 0.05) is 5.02 Å². The van der Waals surface area contributed by atoms with Crippen molar-refractivity contribution < 1.29 is 13.6 Å². The van der Waals surface area contributed by atoms with Crippen LogP contribution in [0.25, 0.3) is 0 Å². The molecule has 0 amide bonds. The van der Waals surface area contributed by atoms with E-state index in [1.165, 1.54) is 0 Å². The van der Waals surface area contributed by atoms with Crippen molar-refractivity contribution in [1.29, 1.82) is 0 Å². The van der Waals surface area contributed by atoms with Crippen molar-refractivity contribution in [1.82, 2.24) is 9.97 Å². The van der Waals surface area contributed by atoms with Gasteiger partial charge in [-0.3, -0.25) is 0 Å². The molecule has 0 aliphatic rings. The fraction of sp³-hybridized carbons (Fsp3) is 0.412. The van der Waals surface area contributed by atoms with Gasteiger partial charge in [0.1, 0.15) is 22.5 Å². The lowest BCUT2D eigenvalue weighted by Gasteiger charge is -2.23. The monoisotopic (exact) mass is 508 g/mol. The van der Waals surface area contributed by atoms with Crippen LogP contribution in [0.4, 0.5) is 0 Å². The summed E-state index contributed by atoms with van der Waals surface area (Å²) in [5.41, 5.74) is 0.623. The van der Waals surface area contributed by atoms with Crippen LogP contribution in [0, 0.1) is 0 Å². The lowest BCUT2D eigenvalue weighted by Crippen LogP contribution is -2.32. The van der Waals surface area contributed by atoms with Crippen molar-refractivity contribution in [3.05, 3.63) is 38.4 Å². The SMILES string of the molecule is C[Si](C)(C)Oc1nc(COc2ccc(Cl)cc2Cl)c(Br)c(O[Si](C)(C)C)n1. The molecule has 0 bridgehead atoms. The maximum absolute atomic E-state index is 6.18. The van der Waals surface area contributed by atoms with E-state index in [-0.39, 0.29) is 6.61 Å². The number of rotatable bonds is 7. The van der Waals surface area contributed by atoms with Crippen LogP contribution in [0.5, 0.6) is 17.6 Å². The topological polar surface area (TPSA) is 53.5 Å². The summed E-state index contributed by atoms with van der Waals surface area (Å²) in [6, 6.07) is 5.37. The molecule has 0 atom stereocenters. The molecule has 0 radical (unpaired) electrons. The summed E-state index contributed by atoms with van der Waals surface area (Å²) in [5, 5.41) is 0.983. The van der Waals surface area contributed by atoms with Gasteiger partial charge in [0.05, 0.1) is 5.02 Å². The largest absolute Gasteiger partial charge is 0.530 e. The number of hydrogen-bond acceptors (Lipinski definition) is 5. The van der Waals surface area contributed by atoms with Crippen LogP contribution in [-0.4, -0.2) is 26.6 Å². The van der Waals surface area contributed by atoms with E-state index in [1.807, 2.05) is 0 Å². The molecule has 1 aromatic carbocycles. The Kier molecular flexibility index (Phi) is 7.24. The van der Waals surface area contributed by atoms with Crippen molar-refractivity contribution >= 4 is 55.8 Å². The maximum Gasteiger partial charge on any atom is 0.306 e. The third-order valence-electron chi connectivity index (χ3n) is 2.93. The second kappa shape index (κ2) is 8.69. The summed E-state index contributed by atoms with van der Waals surface area (Å²) in [5.74, 6) is 0.991. The second-order valence-corrected chi connectivity index (χ2v) is 18.4. The molecular formula is C17H23BrCl2N2O3Si2. The highest BCUT2D eigenvalue weighted by Crippen LogP contribution is 2.33. The first kappa shape index (κ1) is 22.5. The Morgan fingerprint density at radius 3 is 2.15 bits per heavy atom. The maximum atomic E-state index is 6.18. The van der Waals surface area contributed by atoms with Gasteiger partial charge in [-0.25, -0.2) is 0 Å². The fourth-order valence-electron chi connectivity index (χ4n) is 1.96. The second-order valence-electron chi connectivity index (χ2n) is 7.86. The molecule has 27 heavy (non-hydrogen) atoms. The van der Waals surface area contributed by atoms with E-state index >= 15 is 0 Å². The highest BCUT2D eigenvalue weighted by molar-refractivity contribution is 9.10. The molecule has 0 fully saturated rings. The Hall–Kier alpha value is -0.806. The average Bonchev–Trinajstić information content (AvgIpc) is 2.47. The van der Waals surface area contributed by atoms with Crippen LogP contribution in [-0.2, 0) is 6.61 Å². The predicted molar refractivity (Wildman–Crippen MR) is 118 cm³/mol. The third kappa shape index (κ3) is 7.26. The van der Waals surface area contributed by atoms with E-state index in [9.17, 15) is 0 Å². The van der Waals surface area contributed by atoms with Gasteiger partial charge in [0.15, 0.2) is 0 Å². The minimum atomic E-state index is -1.88. The minimum Gasteiger partial charge on any atom is -0.530 e. The first-order chi connectivity index (χ1) is 12.3. The molecular weight excluding hydrogens is 487 g/mol. The fourth-order valence-corrected chi connectivity index (χ4v) is 4.31. The van der Waals surface area contributed by atoms with Gasteiger partial charge in [-0.15, -0.1) is 0 Å². The van der Waals surface area contributed by atoms with E-state index in [1.54, 1.807) is 18.2 Å². The molecule has 0 saturated carbocycles. The first-order valence-electron chi connectivity index (χ1n) is 8.36. The van der Waals surface area contributed by atoms with Crippen LogP contribution >= 0.6 is 39.1 Å². The normalized spacial score (nSPS) is 12.0. The molecule has 2 aromatic rings. The molecule has 10 heteroatoms. The smallest absolute Gasteiger partial charge is 0.306 e. The summed E-state index contributed by atoms with van der Waals surface area (Å²) in [7, 11) is -3.76. The summed E-state index contributed by atoms with van der Waals surface area (Å²) in [6.45, 7) is 12.6. The van der Waals surface area contributed by atoms with Crippen LogP contribution in [0.2, 0.25) is 49.3 Å². The van der Waals surface area contributed by atoms with Gasteiger partial charge in [0.2, 0.25) is 22.5 Å². The molecule has 148 valence electrons. The lowest BCUT2D eigenvalue weighted by molar-refractivity contribution is 0.297. The standard InChI is InChI=1S/C17H23BrCl2N2O3Si2/c1-26(2,3)24-16-15(18)13(21-17(22-16)25-27(4,5)6)10-23-14-8-7-11(19)9-12(14)20/h7-9H,10H2,1-6H3. The highest BCUT2D eigenvalue weighted by atomic mass is 79.9. The molecule has 2 rings (SSSR count). The van der Waals surface area contributed by atoms with E-state index < -0.39 is 16.6 Å². The molecule has 0 aliphatic carbocycles. The van der Waals surface area contributed by atoms with E-state index in [0.717, 1.165) is 0 Å². The van der Waals surface area contributed by atoms with Gasteiger partial charge in [-0.1, -0.05) is 23.2 Å². The number of halogens is 3. The van der Waals surface area contributed by atoms with Crippen LogP contribution < -0.4 is 13.6 Å². The molecule has 0 spiro atoms. The van der Waals surface area contributed by atoms with E-state index in [0.29, 0.717) is 37.9 Å².